The standard InChI is InChI=1S/C11H15N3OS/c1-9(2)8(15)11(10(3,4)16-9)5-7(6-12)13-14-11/h14H,5H2,1-4H3. The van der Waals surface area contributed by atoms with Gasteiger partial charge in [-0.15, -0.1) is 11.8 Å². The van der Waals surface area contributed by atoms with E-state index in [9.17, 15) is 4.79 Å². The molecule has 0 aromatic rings. The predicted octanol–water partition coefficient (Wildman–Crippen LogP) is 1.47. The number of nitrogens with zero attached hydrogens (tertiary/aromatic N) is 2. The SMILES string of the molecule is CC1(C)SC(C)(C)C2(CC(C#N)=NN2)C1=O. The van der Waals surface area contributed by atoms with Crippen molar-refractivity contribution in [2.24, 2.45) is 5.10 Å². The van der Waals surface area contributed by atoms with E-state index in [2.05, 4.69) is 10.5 Å². The Morgan fingerprint density at radius 2 is 2.06 bits per heavy atom. The minimum atomic E-state index is -0.702. The summed E-state index contributed by atoms with van der Waals surface area (Å²) >= 11 is 1.65. The number of ketones is 1. The van der Waals surface area contributed by atoms with Gasteiger partial charge in [0.25, 0.3) is 0 Å². The third-order valence-electron chi connectivity index (χ3n) is 3.42. The molecule has 1 unspecified atom stereocenters. The summed E-state index contributed by atoms with van der Waals surface area (Å²) in [5.41, 5.74) is 2.64. The molecular weight excluding hydrogens is 222 g/mol. The fourth-order valence-corrected chi connectivity index (χ4v) is 4.52. The van der Waals surface area contributed by atoms with Crippen LogP contribution in [0.4, 0.5) is 0 Å². The summed E-state index contributed by atoms with van der Waals surface area (Å²) < 4.78 is -0.674. The Bertz CT molecular complexity index is 433. The van der Waals surface area contributed by atoms with E-state index in [0.29, 0.717) is 12.1 Å². The Kier molecular flexibility index (Phi) is 2.16. The smallest absolute Gasteiger partial charge is 0.176 e. The summed E-state index contributed by atoms with van der Waals surface area (Å²) in [6, 6.07) is 2.03. The molecule has 0 radical (unpaired) electrons. The number of carbonyl (C=O) groups excluding carboxylic acids is 1. The van der Waals surface area contributed by atoms with Crippen molar-refractivity contribution in [1.82, 2.24) is 5.43 Å². The van der Waals surface area contributed by atoms with Gasteiger partial charge in [-0.1, -0.05) is 0 Å². The lowest BCUT2D eigenvalue weighted by atomic mass is 9.76. The average Bonchev–Trinajstić information content (AvgIpc) is 2.64. The van der Waals surface area contributed by atoms with Crippen LogP contribution in [0.1, 0.15) is 34.1 Å². The molecule has 1 N–H and O–H groups in total. The first-order valence-electron chi connectivity index (χ1n) is 5.24. The minimum Gasteiger partial charge on any atom is -0.295 e. The molecule has 4 nitrogen and oxygen atoms in total. The van der Waals surface area contributed by atoms with Crippen molar-refractivity contribution in [3.8, 4) is 6.07 Å². The topological polar surface area (TPSA) is 65.2 Å². The van der Waals surface area contributed by atoms with Crippen molar-refractivity contribution in [2.45, 2.75) is 49.1 Å². The molecule has 86 valence electrons. The van der Waals surface area contributed by atoms with Gasteiger partial charge in [0.05, 0.1) is 4.75 Å². The summed E-state index contributed by atoms with van der Waals surface area (Å²) in [5, 5.41) is 12.8. The molecule has 0 aliphatic carbocycles. The molecule has 1 fully saturated rings. The maximum Gasteiger partial charge on any atom is 0.176 e. The fourth-order valence-electron chi connectivity index (χ4n) is 2.59. The van der Waals surface area contributed by atoms with Crippen LogP contribution in [0.5, 0.6) is 0 Å². The minimum absolute atomic E-state index is 0.143. The molecule has 2 aliphatic heterocycles. The molecule has 0 aromatic heterocycles. The van der Waals surface area contributed by atoms with Crippen LogP contribution in [0.2, 0.25) is 0 Å². The van der Waals surface area contributed by atoms with Crippen molar-refractivity contribution < 1.29 is 4.79 Å². The highest BCUT2D eigenvalue weighted by atomic mass is 32.2. The molecule has 5 heteroatoms. The summed E-state index contributed by atoms with van der Waals surface area (Å²) in [5.74, 6) is 0.143. The van der Waals surface area contributed by atoms with E-state index in [1.807, 2.05) is 33.8 Å². The first-order chi connectivity index (χ1) is 7.25. The van der Waals surface area contributed by atoms with Gasteiger partial charge in [0.15, 0.2) is 5.78 Å². The van der Waals surface area contributed by atoms with E-state index in [1.165, 1.54) is 0 Å². The van der Waals surface area contributed by atoms with Gasteiger partial charge in [-0.25, -0.2) is 0 Å². The molecule has 1 spiro atoms. The maximum absolute atomic E-state index is 12.5. The van der Waals surface area contributed by atoms with Gasteiger partial charge in [0.2, 0.25) is 0 Å². The third kappa shape index (κ3) is 1.23. The first-order valence-corrected chi connectivity index (χ1v) is 6.06. The maximum atomic E-state index is 12.5. The van der Waals surface area contributed by atoms with Crippen LogP contribution in [0, 0.1) is 11.3 Å². The van der Waals surface area contributed by atoms with Crippen molar-refractivity contribution in [3.63, 3.8) is 0 Å². The van der Waals surface area contributed by atoms with E-state index < -0.39 is 10.3 Å². The Balaban J connectivity index is 2.43. The van der Waals surface area contributed by atoms with Gasteiger partial charge in [-0.3, -0.25) is 10.2 Å². The normalized spacial score (nSPS) is 34.7. The average molecular weight is 237 g/mol. The molecule has 1 atom stereocenters. The monoisotopic (exact) mass is 237 g/mol. The number of carbonyl (C=O) groups is 1. The second kappa shape index (κ2) is 3.01. The molecule has 2 aliphatic rings. The largest absolute Gasteiger partial charge is 0.295 e. The zero-order valence-corrected chi connectivity index (χ0v) is 10.7. The highest BCUT2D eigenvalue weighted by molar-refractivity contribution is 8.03. The van der Waals surface area contributed by atoms with E-state index in [1.54, 1.807) is 11.8 Å². The molecule has 0 amide bonds. The highest BCUT2D eigenvalue weighted by Crippen LogP contribution is 2.55. The molecular formula is C11H15N3OS. The van der Waals surface area contributed by atoms with Crippen molar-refractivity contribution >= 4 is 23.3 Å². The summed E-state index contributed by atoms with van der Waals surface area (Å²) in [4.78, 5) is 12.5. The van der Waals surface area contributed by atoms with Gasteiger partial charge in [-0.2, -0.15) is 10.4 Å². The second-order valence-electron chi connectivity index (χ2n) is 5.32. The zero-order chi connectivity index (χ0) is 12.2. The molecule has 2 heterocycles. The van der Waals surface area contributed by atoms with E-state index >= 15 is 0 Å². The number of hydrogen-bond donors (Lipinski definition) is 1. The molecule has 0 bridgehead atoms. The van der Waals surface area contributed by atoms with Crippen LogP contribution in [0.15, 0.2) is 5.10 Å². The zero-order valence-electron chi connectivity index (χ0n) is 9.92. The number of Topliss-reactive ketones (excluding diaryl/α,β-unsaturated/α-hetero) is 1. The van der Waals surface area contributed by atoms with Gasteiger partial charge >= 0.3 is 0 Å². The molecule has 16 heavy (non-hydrogen) atoms. The van der Waals surface area contributed by atoms with Crippen molar-refractivity contribution in [1.29, 1.82) is 5.26 Å². The van der Waals surface area contributed by atoms with Gasteiger partial charge in [0.1, 0.15) is 17.3 Å². The second-order valence-corrected chi connectivity index (χ2v) is 7.56. The van der Waals surface area contributed by atoms with Crippen LogP contribution >= 0.6 is 11.8 Å². The van der Waals surface area contributed by atoms with E-state index in [0.717, 1.165) is 0 Å². The van der Waals surface area contributed by atoms with Gasteiger partial charge in [0, 0.05) is 11.2 Å². The first kappa shape index (κ1) is 11.5. The van der Waals surface area contributed by atoms with Gasteiger partial charge in [-0.05, 0) is 27.7 Å². The van der Waals surface area contributed by atoms with E-state index in [-0.39, 0.29) is 10.5 Å². The molecule has 2 rings (SSSR count). The van der Waals surface area contributed by atoms with Crippen molar-refractivity contribution in [3.05, 3.63) is 0 Å². The van der Waals surface area contributed by atoms with Crippen LogP contribution < -0.4 is 5.43 Å². The number of thioether (sulfide) groups is 1. The molecule has 0 saturated carbocycles. The quantitative estimate of drug-likeness (QED) is 0.693. The summed E-state index contributed by atoms with van der Waals surface area (Å²) in [6.07, 6.45) is 0.408. The Morgan fingerprint density at radius 1 is 1.44 bits per heavy atom. The predicted molar refractivity (Wildman–Crippen MR) is 64.3 cm³/mol. The lowest BCUT2D eigenvalue weighted by Gasteiger charge is -2.34. The molecule has 1 saturated heterocycles. The molecule has 0 aromatic carbocycles. The Hall–Kier alpha value is -1.02. The third-order valence-corrected chi connectivity index (χ3v) is 4.97. The van der Waals surface area contributed by atoms with Crippen LogP contribution in [0.3, 0.4) is 0 Å². The summed E-state index contributed by atoms with van der Waals surface area (Å²) in [7, 11) is 0. The number of nitrogens with one attached hydrogen (secondary N) is 1. The number of hydrazone groups is 1. The fraction of sp³-hybridized carbons (Fsp3) is 0.727. The highest BCUT2D eigenvalue weighted by Gasteiger charge is 2.65. The Morgan fingerprint density at radius 3 is 2.44 bits per heavy atom. The van der Waals surface area contributed by atoms with Crippen LogP contribution in [-0.2, 0) is 4.79 Å². The number of nitriles is 1. The van der Waals surface area contributed by atoms with E-state index in [4.69, 9.17) is 5.26 Å². The number of rotatable bonds is 0. The van der Waals surface area contributed by atoms with Crippen LogP contribution in [0.25, 0.3) is 0 Å². The van der Waals surface area contributed by atoms with Crippen LogP contribution in [-0.4, -0.2) is 26.5 Å². The Labute approximate surface area is 99.5 Å². The number of hydrogen-bond acceptors (Lipinski definition) is 5. The van der Waals surface area contributed by atoms with Crippen molar-refractivity contribution in [2.75, 3.05) is 0 Å². The lowest BCUT2D eigenvalue weighted by Crippen LogP contribution is -2.58. The lowest BCUT2D eigenvalue weighted by molar-refractivity contribution is -0.126. The summed E-state index contributed by atoms with van der Waals surface area (Å²) in [6.45, 7) is 7.94. The van der Waals surface area contributed by atoms with Gasteiger partial charge < -0.3 is 0 Å².